The molecule has 3 heteroatoms. The Hall–Kier alpha value is 0.370. The van der Waals surface area contributed by atoms with Gasteiger partial charge in [0.15, 0.2) is 5.12 Å². The van der Waals surface area contributed by atoms with Crippen molar-refractivity contribution < 1.29 is 4.79 Å². The third-order valence-corrected chi connectivity index (χ3v) is 2.10. The molecule has 0 unspecified atom stereocenters. The van der Waals surface area contributed by atoms with Crippen molar-refractivity contribution >= 4 is 27.6 Å². The molecule has 0 saturated heterocycles. The van der Waals surface area contributed by atoms with E-state index in [9.17, 15) is 4.79 Å². The minimum Gasteiger partial charge on any atom is -0.286 e. The Morgan fingerprint density at radius 2 is 2.22 bits per heavy atom. The molecule has 0 radical (unpaired) electrons. The van der Waals surface area contributed by atoms with Crippen LogP contribution in [0, 0.1) is 0 Å². The van der Waals surface area contributed by atoms with Crippen LogP contribution >= 0.6 is 22.5 Å². The second-order valence-corrected chi connectivity index (χ2v) is 3.11. The lowest BCUT2D eigenvalue weighted by Gasteiger charge is -1.92. The van der Waals surface area contributed by atoms with Crippen LogP contribution in [0.2, 0.25) is 0 Å². The van der Waals surface area contributed by atoms with E-state index in [0.717, 1.165) is 23.6 Å². The van der Waals surface area contributed by atoms with Crippen molar-refractivity contribution in [1.82, 2.24) is 0 Å². The molecule has 0 aliphatic heterocycles. The van der Waals surface area contributed by atoms with Crippen molar-refractivity contribution in [2.75, 3.05) is 0 Å². The van der Waals surface area contributed by atoms with Crippen molar-refractivity contribution in [3.8, 4) is 0 Å². The summed E-state index contributed by atoms with van der Waals surface area (Å²) in [4.78, 5) is 10.6. The topological polar surface area (TPSA) is 17.1 Å². The van der Waals surface area contributed by atoms with E-state index >= 15 is 0 Å². The third-order valence-electron chi connectivity index (χ3n) is 1.09. The normalized spacial score (nSPS) is 9.56. The van der Waals surface area contributed by atoms with E-state index in [-0.39, 0.29) is 5.12 Å². The Morgan fingerprint density at radius 1 is 1.56 bits per heavy atom. The van der Waals surface area contributed by atoms with Gasteiger partial charge in [-0.1, -0.05) is 19.8 Å². The van der Waals surface area contributed by atoms with Crippen LogP contribution < -0.4 is 0 Å². The van der Waals surface area contributed by atoms with Crippen LogP contribution in [-0.4, -0.2) is 5.12 Å². The maximum atomic E-state index is 10.6. The van der Waals surface area contributed by atoms with E-state index in [1.54, 1.807) is 0 Å². The fourth-order valence-corrected chi connectivity index (χ4v) is 1.07. The molecule has 0 aliphatic rings. The van der Waals surface area contributed by atoms with E-state index in [0.29, 0.717) is 6.42 Å². The molecule has 0 atom stereocenters. The molecule has 0 fully saturated rings. The SMILES string of the molecule is CCCCCC(=O)SS. The zero-order chi connectivity index (χ0) is 7.11. The van der Waals surface area contributed by atoms with E-state index in [4.69, 9.17) is 0 Å². The lowest BCUT2D eigenvalue weighted by molar-refractivity contribution is -0.110. The summed E-state index contributed by atoms with van der Waals surface area (Å²) in [5, 5.41) is 0.187. The van der Waals surface area contributed by atoms with Crippen molar-refractivity contribution in [2.45, 2.75) is 32.6 Å². The molecule has 0 aromatic carbocycles. The van der Waals surface area contributed by atoms with Gasteiger partial charge in [-0.25, -0.2) is 0 Å². The number of carbonyl (C=O) groups excluding carboxylic acids is 1. The molecule has 0 rings (SSSR count). The van der Waals surface area contributed by atoms with Gasteiger partial charge in [-0.2, -0.15) is 0 Å². The van der Waals surface area contributed by atoms with Gasteiger partial charge in [0.25, 0.3) is 0 Å². The van der Waals surface area contributed by atoms with Crippen molar-refractivity contribution in [1.29, 1.82) is 0 Å². The van der Waals surface area contributed by atoms with Crippen molar-refractivity contribution in [3.05, 3.63) is 0 Å². The van der Waals surface area contributed by atoms with Gasteiger partial charge in [0.1, 0.15) is 0 Å². The van der Waals surface area contributed by atoms with Gasteiger partial charge in [0.2, 0.25) is 0 Å². The number of rotatable bonds is 4. The molecular formula is C6H12OS2. The standard InChI is InChI=1S/C6H12OS2/c1-2-3-4-5-6(7)9-8/h8H,2-5H2,1H3. The highest BCUT2D eigenvalue weighted by Gasteiger charge is 1.96. The predicted molar refractivity (Wildman–Crippen MR) is 45.7 cm³/mol. The Kier molecular flexibility index (Phi) is 6.76. The first-order chi connectivity index (χ1) is 4.31. The average Bonchev–Trinajstić information content (AvgIpc) is 1.89. The maximum Gasteiger partial charge on any atom is 0.199 e. The Labute approximate surface area is 65.4 Å². The molecule has 0 amide bonds. The van der Waals surface area contributed by atoms with E-state index in [1.807, 2.05) is 0 Å². The summed E-state index contributed by atoms with van der Waals surface area (Å²) in [5.41, 5.74) is 0. The Morgan fingerprint density at radius 3 is 2.67 bits per heavy atom. The van der Waals surface area contributed by atoms with Crippen molar-refractivity contribution in [2.24, 2.45) is 0 Å². The van der Waals surface area contributed by atoms with Gasteiger partial charge in [0, 0.05) is 6.42 Å². The Bertz CT molecular complexity index is 83.1. The van der Waals surface area contributed by atoms with Crippen LogP contribution in [0.5, 0.6) is 0 Å². The van der Waals surface area contributed by atoms with Crippen LogP contribution in [-0.2, 0) is 4.79 Å². The van der Waals surface area contributed by atoms with Crippen LogP contribution in [0.4, 0.5) is 0 Å². The molecule has 0 spiro atoms. The first-order valence-electron chi connectivity index (χ1n) is 3.15. The number of thiol groups is 1. The highest BCUT2D eigenvalue weighted by atomic mass is 33.1. The fraction of sp³-hybridized carbons (Fsp3) is 0.833. The van der Waals surface area contributed by atoms with E-state index in [1.165, 1.54) is 6.42 Å². The zero-order valence-electron chi connectivity index (χ0n) is 5.59. The summed E-state index contributed by atoms with van der Waals surface area (Å²) in [7, 11) is 1.03. The third kappa shape index (κ3) is 6.25. The smallest absolute Gasteiger partial charge is 0.199 e. The summed E-state index contributed by atoms with van der Waals surface area (Å²) < 4.78 is 0. The molecule has 0 bridgehead atoms. The van der Waals surface area contributed by atoms with Gasteiger partial charge in [-0.3, -0.25) is 4.79 Å². The maximum absolute atomic E-state index is 10.6. The molecule has 1 nitrogen and oxygen atoms in total. The summed E-state index contributed by atoms with van der Waals surface area (Å²) >= 11 is 3.78. The quantitative estimate of drug-likeness (QED) is 0.391. The summed E-state index contributed by atoms with van der Waals surface area (Å²) in [6.07, 6.45) is 4.02. The molecule has 0 aliphatic carbocycles. The fourth-order valence-electron chi connectivity index (χ4n) is 0.565. The minimum atomic E-state index is 0.187. The average molecular weight is 164 g/mol. The van der Waals surface area contributed by atoms with Gasteiger partial charge < -0.3 is 0 Å². The minimum absolute atomic E-state index is 0.187. The van der Waals surface area contributed by atoms with Gasteiger partial charge in [0.05, 0.1) is 0 Å². The predicted octanol–water partition coefficient (Wildman–Crippen LogP) is 2.67. The zero-order valence-corrected chi connectivity index (χ0v) is 7.30. The monoisotopic (exact) mass is 164 g/mol. The summed E-state index contributed by atoms with van der Waals surface area (Å²) in [6.45, 7) is 2.12. The lowest BCUT2D eigenvalue weighted by Crippen LogP contribution is -1.86. The van der Waals surface area contributed by atoms with E-state index < -0.39 is 0 Å². The second-order valence-electron chi connectivity index (χ2n) is 1.92. The molecule has 0 saturated carbocycles. The Balaban J connectivity index is 2.97. The van der Waals surface area contributed by atoms with Gasteiger partial charge in [-0.15, -0.1) is 11.7 Å². The van der Waals surface area contributed by atoms with E-state index in [2.05, 4.69) is 18.6 Å². The highest BCUT2D eigenvalue weighted by molar-refractivity contribution is 8.74. The second kappa shape index (κ2) is 6.49. The molecule has 0 aromatic heterocycles. The first-order valence-corrected chi connectivity index (χ1v) is 5.02. The van der Waals surface area contributed by atoms with Crippen LogP contribution in [0.15, 0.2) is 0 Å². The van der Waals surface area contributed by atoms with Crippen LogP contribution in [0.3, 0.4) is 0 Å². The molecule has 0 heterocycles. The lowest BCUT2D eigenvalue weighted by atomic mass is 10.2. The molecule has 0 aromatic rings. The number of hydrogen-bond acceptors (Lipinski definition) is 3. The van der Waals surface area contributed by atoms with Crippen molar-refractivity contribution in [3.63, 3.8) is 0 Å². The largest absolute Gasteiger partial charge is 0.286 e. The molecular weight excluding hydrogens is 152 g/mol. The molecule has 9 heavy (non-hydrogen) atoms. The van der Waals surface area contributed by atoms with Gasteiger partial charge in [-0.05, 0) is 17.2 Å². The number of unbranched alkanes of at least 4 members (excludes halogenated alkanes) is 2. The highest BCUT2D eigenvalue weighted by Crippen LogP contribution is 2.12. The molecule has 54 valence electrons. The molecule has 0 N–H and O–H groups in total. The van der Waals surface area contributed by atoms with Crippen LogP contribution in [0.1, 0.15) is 32.6 Å². The summed E-state index contributed by atoms with van der Waals surface area (Å²) in [6, 6.07) is 0. The number of hydrogen-bond donors (Lipinski definition) is 1. The van der Waals surface area contributed by atoms with Gasteiger partial charge >= 0.3 is 0 Å². The number of carbonyl (C=O) groups is 1. The van der Waals surface area contributed by atoms with Crippen LogP contribution in [0.25, 0.3) is 0 Å². The summed E-state index contributed by atoms with van der Waals surface area (Å²) in [5.74, 6) is 0. The first kappa shape index (κ1) is 9.37.